The molecule has 0 spiro atoms. The molecule has 13 nitrogen and oxygen atoms in total. The average molecular weight is 812 g/mol. The number of hydrogen-bond donors (Lipinski definition) is 1. The molecule has 2 bridgehead atoms. The third-order valence-corrected chi connectivity index (χ3v) is 13.5. The number of nitrogens with one attached hydrogen (secondary N) is 1. The van der Waals surface area contributed by atoms with Gasteiger partial charge in [-0.1, -0.05) is 18.6 Å². The second-order valence-electron chi connectivity index (χ2n) is 17.7. The van der Waals surface area contributed by atoms with E-state index in [1.54, 1.807) is 18.2 Å². The number of amides is 4. The zero-order chi connectivity index (χ0) is 41.0. The van der Waals surface area contributed by atoms with E-state index < -0.39 is 29.7 Å². The van der Waals surface area contributed by atoms with Gasteiger partial charge in [0.2, 0.25) is 17.7 Å². The molecule has 4 saturated carbocycles. The molecule has 1 atom stereocenters. The van der Waals surface area contributed by atoms with E-state index in [4.69, 9.17) is 18.9 Å². The van der Waals surface area contributed by atoms with Crippen molar-refractivity contribution in [2.24, 2.45) is 17.9 Å². The molecule has 1 unspecified atom stereocenters. The minimum atomic E-state index is -0.989. The Bertz CT molecular complexity index is 2500. The fourth-order valence-electron chi connectivity index (χ4n) is 10.5. The molecule has 5 fully saturated rings. The first-order valence-electron chi connectivity index (χ1n) is 21.3. The van der Waals surface area contributed by atoms with Gasteiger partial charge in [-0.25, -0.2) is 4.98 Å². The average Bonchev–Trinajstić information content (AvgIpc) is 3.66. The van der Waals surface area contributed by atoms with Crippen LogP contribution in [-0.2, 0) is 26.1 Å². The summed E-state index contributed by atoms with van der Waals surface area (Å²) in [4.78, 5) is 59.9. The highest BCUT2D eigenvalue weighted by atomic mass is 16.5. The molecule has 5 heterocycles. The Morgan fingerprint density at radius 3 is 2.42 bits per heavy atom. The van der Waals surface area contributed by atoms with Crippen molar-refractivity contribution >= 4 is 45.4 Å². The Morgan fingerprint density at radius 2 is 1.60 bits per heavy atom. The van der Waals surface area contributed by atoms with Gasteiger partial charge in [0.25, 0.3) is 11.8 Å². The summed E-state index contributed by atoms with van der Waals surface area (Å²) in [6.07, 6.45) is 15.6. The van der Waals surface area contributed by atoms with Gasteiger partial charge in [0.1, 0.15) is 17.9 Å². The number of piperidine rings is 1. The maximum Gasteiger partial charge on any atom is 0.262 e. The number of carbonyl (C=O) groups is 4. The normalized spacial score (nSPS) is 25.9. The van der Waals surface area contributed by atoms with Gasteiger partial charge in [0.15, 0.2) is 0 Å². The van der Waals surface area contributed by atoms with Gasteiger partial charge < -0.3 is 23.5 Å². The number of unbranched alkanes of at least 4 members (excludes halogenated alkanes) is 1. The predicted molar refractivity (Wildman–Crippen MR) is 221 cm³/mol. The van der Waals surface area contributed by atoms with Gasteiger partial charge in [-0.3, -0.25) is 34.4 Å². The van der Waals surface area contributed by atoms with Crippen LogP contribution in [0.3, 0.4) is 0 Å². The number of aromatic nitrogens is 3. The van der Waals surface area contributed by atoms with Crippen LogP contribution in [0.2, 0.25) is 0 Å². The Morgan fingerprint density at radius 1 is 0.800 bits per heavy atom. The summed E-state index contributed by atoms with van der Waals surface area (Å²) in [6, 6.07) is 16.4. The van der Waals surface area contributed by atoms with E-state index in [0.29, 0.717) is 24.8 Å². The Labute approximate surface area is 347 Å². The van der Waals surface area contributed by atoms with Crippen molar-refractivity contribution in [3.05, 3.63) is 84.3 Å². The summed E-state index contributed by atoms with van der Waals surface area (Å²) < 4.78 is 27.0. The second kappa shape index (κ2) is 15.4. The van der Waals surface area contributed by atoms with Crippen molar-refractivity contribution in [2.75, 3.05) is 26.4 Å². The number of benzene rings is 2. The molecule has 3 aromatic heterocycles. The summed E-state index contributed by atoms with van der Waals surface area (Å²) in [7, 11) is 2.09. The van der Waals surface area contributed by atoms with Gasteiger partial charge in [-0.2, -0.15) is 0 Å². The first-order valence-corrected chi connectivity index (χ1v) is 21.3. The van der Waals surface area contributed by atoms with Crippen LogP contribution < -0.4 is 14.8 Å². The maximum atomic E-state index is 13.1. The molecular weight excluding hydrogens is 763 g/mol. The second-order valence-corrected chi connectivity index (χ2v) is 17.7. The highest BCUT2D eigenvalue weighted by Gasteiger charge is 2.57. The zero-order valence-electron chi connectivity index (χ0n) is 33.8. The zero-order valence-corrected chi connectivity index (χ0v) is 33.8. The van der Waals surface area contributed by atoms with E-state index in [1.807, 2.05) is 24.7 Å². The lowest BCUT2D eigenvalue weighted by Gasteiger charge is -2.61. The van der Waals surface area contributed by atoms with E-state index in [0.717, 1.165) is 73.2 Å². The van der Waals surface area contributed by atoms with Gasteiger partial charge in [-0.15, -0.1) is 0 Å². The van der Waals surface area contributed by atoms with Crippen molar-refractivity contribution in [3.8, 4) is 22.8 Å². The van der Waals surface area contributed by atoms with Gasteiger partial charge >= 0.3 is 0 Å². The lowest BCUT2D eigenvalue weighted by atomic mass is 9.46. The Hall–Kier alpha value is -5.66. The van der Waals surface area contributed by atoms with E-state index in [1.165, 1.54) is 35.7 Å². The number of ether oxygens (including phenoxy) is 4. The molecule has 5 aromatic rings. The maximum absolute atomic E-state index is 13.1. The van der Waals surface area contributed by atoms with Crippen LogP contribution in [-0.4, -0.2) is 87.7 Å². The van der Waals surface area contributed by atoms with Crippen molar-refractivity contribution in [1.29, 1.82) is 0 Å². The van der Waals surface area contributed by atoms with Gasteiger partial charge in [-0.05, 0) is 97.7 Å². The molecule has 1 N–H and O–H groups in total. The van der Waals surface area contributed by atoms with Crippen LogP contribution in [0.25, 0.3) is 32.9 Å². The molecule has 4 aliphatic carbocycles. The standard InChI is InChI=1S/C47H49N5O8/c1-51-38-13-16-48-24-37(38)34-8-5-29(19-40(34)51)30-6-12-42(49-23-30)60-33-20-32(21-33)59-28-47-15-4-14-46(25-47,26-47)27-57-17-2-3-18-58-31-7-9-35-36(22-31)45(56)52(44(35)55)39-10-11-41(53)50-43(39)54/h5-9,12-13,16,19,22-24,32-33,39H,2-4,10-11,14-15,17-18,20-21,25-28H2,1H3,(H,50,53,54)/t32-,33-,39?,46?,47?. The predicted octanol–water partition coefficient (Wildman–Crippen LogP) is 6.94. The molecule has 0 radical (unpaired) electrons. The summed E-state index contributed by atoms with van der Waals surface area (Å²) in [5, 5.41) is 4.57. The van der Waals surface area contributed by atoms with Crippen molar-refractivity contribution in [2.45, 2.75) is 88.9 Å². The van der Waals surface area contributed by atoms with E-state index >= 15 is 0 Å². The molecular formula is C47H49N5O8. The van der Waals surface area contributed by atoms with Crippen LogP contribution in [0.5, 0.6) is 11.6 Å². The first-order chi connectivity index (χ1) is 29.2. The smallest absolute Gasteiger partial charge is 0.262 e. The molecule has 11 rings (SSSR count). The van der Waals surface area contributed by atoms with Crippen LogP contribution in [0, 0.1) is 10.8 Å². The van der Waals surface area contributed by atoms with Crippen LogP contribution in [0.15, 0.2) is 73.2 Å². The molecule has 60 heavy (non-hydrogen) atoms. The molecule has 6 aliphatic rings. The largest absolute Gasteiger partial charge is 0.494 e. The van der Waals surface area contributed by atoms with Crippen molar-refractivity contribution < 1.29 is 38.1 Å². The quantitative estimate of drug-likeness (QED) is 0.0870. The van der Waals surface area contributed by atoms with Crippen LogP contribution in [0.1, 0.15) is 91.3 Å². The Kier molecular flexibility index (Phi) is 9.91. The van der Waals surface area contributed by atoms with E-state index in [2.05, 4.69) is 57.2 Å². The SMILES string of the molecule is Cn1c2ccncc2c2ccc(-c3ccc(O[C@H]4C[C@H](OCC56CCCC(COCCCCOc7ccc8c(c7)C(=O)N(C7CCC(=O)NC7=O)C8=O)(C5)C6)C4)nc3)cc21. The summed E-state index contributed by atoms with van der Waals surface area (Å²) in [5.41, 5.74) is 5.49. The van der Waals surface area contributed by atoms with E-state index in [-0.39, 0.29) is 47.0 Å². The topological polar surface area (TPSA) is 151 Å². The third kappa shape index (κ3) is 7.11. The first kappa shape index (κ1) is 38.5. The lowest BCUT2D eigenvalue weighted by molar-refractivity contribution is -0.184. The van der Waals surface area contributed by atoms with Crippen LogP contribution in [0.4, 0.5) is 0 Å². The number of fused-ring (bicyclic) bond motifs is 6. The highest BCUT2D eigenvalue weighted by Crippen LogP contribution is 2.64. The monoisotopic (exact) mass is 811 g/mol. The highest BCUT2D eigenvalue weighted by molar-refractivity contribution is 6.23. The Balaban J connectivity index is 0.617. The fourth-order valence-corrected chi connectivity index (χ4v) is 10.5. The number of nitrogens with zero attached hydrogens (tertiary/aromatic N) is 4. The number of hydrogen-bond acceptors (Lipinski definition) is 10. The number of aryl methyl sites for hydroxylation is 1. The fraction of sp³-hybridized carbons (Fsp3) is 0.447. The number of pyridine rings is 2. The summed E-state index contributed by atoms with van der Waals surface area (Å²) in [5.74, 6) is -0.948. The molecule has 13 heteroatoms. The minimum absolute atomic E-state index is 0.0823. The number of carbonyl (C=O) groups excluding carboxylic acids is 4. The molecule has 2 aromatic carbocycles. The minimum Gasteiger partial charge on any atom is -0.494 e. The molecule has 1 saturated heterocycles. The van der Waals surface area contributed by atoms with E-state index in [9.17, 15) is 19.2 Å². The molecule has 2 aliphatic heterocycles. The van der Waals surface area contributed by atoms with Crippen molar-refractivity contribution in [1.82, 2.24) is 24.8 Å². The van der Waals surface area contributed by atoms with Crippen molar-refractivity contribution in [3.63, 3.8) is 0 Å². The van der Waals surface area contributed by atoms with Crippen LogP contribution >= 0.6 is 0 Å². The van der Waals surface area contributed by atoms with Gasteiger partial charge in [0.05, 0.1) is 42.6 Å². The summed E-state index contributed by atoms with van der Waals surface area (Å²) in [6.45, 7) is 2.70. The third-order valence-electron chi connectivity index (χ3n) is 13.5. The molecule has 4 amide bonds. The van der Waals surface area contributed by atoms with Gasteiger partial charge in [0, 0.05) is 79.4 Å². The number of imide groups is 2. The number of rotatable bonds is 15. The molecule has 310 valence electrons. The lowest BCUT2D eigenvalue weighted by Crippen LogP contribution is -2.55. The summed E-state index contributed by atoms with van der Waals surface area (Å²) >= 11 is 0.